The van der Waals surface area contributed by atoms with Crippen LogP contribution in [0.25, 0.3) is 11.2 Å². The molecule has 0 saturated heterocycles. The second-order valence-corrected chi connectivity index (χ2v) is 5.51. The van der Waals surface area contributed by atoms with Crippen molar-refractivity contribution in [3.63, 3.8) is 0 Å². The number of anilines is 1. The summed E-state index contributed by atoms with van der Waals surface area (Å²) < 4.78 is 18.4. The van der Waals surface area contributed by atoms with Gasteiger partial charge in [0, 0.05) is 0 Å². The predicted molar refractivity (Wildman–Crippen MR) is 90.4 cm³/mol. The number of nitrogens with zero attached hydrogens (tertiary/aromatic N) is 5. The minimum Gasteiger partial charge on any atom is -0.491 e. The molecule has 10 heteroatoms. The van der Waals surface area contributed by atoms with Crippen LogP contribution in [0.5, 0.6) is 17.2 Å². The third-order valence-corrected chi connectivity index (χ3v) is 3.97. The lowest BCUT2D eigenvalue weighted by atomic mass is 10.2. The van der Waals surface area contributed by atoms with E-state index in [9.17, 15) is 0 Å². The number of pyridine rings is 1. The van der Waals surface area contributed by atoms with Gasteiger partial charge >= 0.3 is 0 Å². The van der Waals surface area contributed by atoms with Crippen molar-refractivity contribution in [2.75, 3.05) is 27.1 Å². The van der Waals surface area contributed by atoms with Crippen molar-refractivity contribution < 1.29 is 14.2 Å². The summed E-state index contributed by atoms with van der Waals surface area (Å²) >= 11 is 3.33. The van der Waals surface area contributed by atoms with Crippen molar-refractivity contribution in [1.29, 1.82) is 0 Å². The molecular weight excluding hydrogens is 380 g/mol. The number of rotatable bonds is 5. The highest BCUT2D eigenvalue weighted by Crippen LogP contribution is 2.38. The van der Waals surface area contributed by atoms with Crippen LogP contribution in [0.15, 0.2) is 17.1 Å². The monoisotopic (exact) mass is 394 g/mol. The van der Waals surface area contributed by atoms with Gasteiger partial charge in [0.1, 0.15) is 15.8 Å². The molecule has 9 nitrogen and oxygen atoms in total. The van der Waals surface area contributed by atoms with Crippen LogP contribution in [0.3, 0.4) is 0 Å². The number of halogens is 1. The Morgan fingerprint density at radius 3 is 2.50 bits per heavy atom. The van der Waals surface area contributed by atoms with E-state index in [-0.39, 0.29) is 5.95 Å². The average Bonchev–Trinajstić information content (AvgIpc) is 2.97. The fraction of sp³-hybridized carbons (Fsp3) is 0.286. The molecule has 3 rings (SSSR count). The number of aromatic nitrogens is 5. The van der Waals surface area contributed by atoms with Crippen molar-refractivity contribution in [3.05, 3.63) is 22.8 Å². The molecule has 0 aliphatic carbocycles. The summed E-state index contributed by atoms with van der Waals surface area (Å²) in [5.74, 6) is 1.61. The molecule has 0 saturated carbocycles. The first-order valence-corrected chi connectivity index (χ1v) is 7.66. The highest BCUT2D eigenvalue weighted by atomic mass is 79.9. The lowest BCUT2D eigenvalue weighted by molar-refractivity contribution is 0.318. The highest BCUT2D eigenvalue weighted by Gasteiger charge is 2.19. The summed E-state index contributed by atoms with van der Waals surface area (Å²) in [7, 11) is 4.63. The molecule has 2 N–H and O–H groups in total. The zero-order chi connectivity index (χ0) is 17.3. The molecule has 0 radical (unpaired) electrons. The molecule has 0 aliphatic heterocycles. The van der Waals surface area contributed by atoms with Crippen molar-refractivity contribution in [2.45, 2.75) is 6.54 Å². The van der Waals surface area contributed by atoms with E-state index in [2.05, 4.69) is 35.9 Å². The molecule has 3 aromatic rings. The van der Waals surface area contributed by atoms with Gasteiger partial charge in [-0.15, -0.1) is 0 Å². The van der Waals surface area contributed by atoms with Gasteiger partial charge in [0.05, 0.1) is 40.4 Å². The largest absolute Gasteiger partial charge is 0.491 e. The first kappa shape index (κ1) is 16.2. The molecule has 3 heterocycles. The third kappa shape index (κ3) is 2.68. The number of nitrogens with two attached hydrogens (primary N) is 1. The van der Waals surface area contributed by atoms with E-state index in [0.717, 1.165) is 0 Å². The number of methoxy groups -OCH3 is 3. The molecule has 0 spiro atoms. The third-order valence-electron chi connectivity index (χ3n) is 3.42. The number of nitrogen functional groups attached to an aromatic ring is 1. The smallest absolute Gasteiger partial charge is 0.223 e. The minimum atomic E-state index is 0.156. The molecule has 3 aromatic heterocycles. The fourth-order valence-electron chi connectivity index (χ4n) is 2.36. The topological polar surface area (TPSA) is 110 Å². The maximum Gasteiger partial charge on any atom is 0.223 e. The molecule has 0 atom stereocenters. The molecule has 0 aromatic carbocycles. The lowest BCUT2D eigenvalue weighted by Gasteiger charge is -2.15. The van der Waals surface area contributed by atoms with Gasteiger partial charge in [-0.2, -0.15) is 4.98 Å². The summed E-state index contributed by atoms with van der Waals surface area (Å²) in [6, 6.07) is 0. The van der Waals surface area contributed by atoms with Crippen molar-refractivity contribution >= 4 is 33.0 Å². The maximum absolute atomic E-state index is 5.72. The summed E-state index contributed by atoms with van der Waals surface area (Å²) in [4.78, 5) is 17.0. The number of fused-ring (bicyclic) bond motifs is 1. The van der Waals surface area contributed by atoms with Gasteiger partial charge in [0.25, 0.3) is 0 Å². The van der Waals surface area contributed by atoms with E-state index < -0.39 is 0 Å². The molecule has 0 bridgehead atoms. The van der Waals surface area contributed by atoms with Crippen LogP contribution in [-0.4, -0.2) is 45.8 Å². The Morgan fingerprint density at radius 2 is 1.83 bits per heavy atom. The standard InChI is InChI=1S/C14H15BrN6O3/c1-22-8-4-17-7(10(23-2)11(8)24-3)5-21-6-18-9-12(15)19-14(16)20-13(9)21/h4,6H,5H2,1-3H3,(H2,16,19,20). The predicted octanol–water partition coefficient (Wildman–Crippen LogP) is 1.64. The van der Waals surface area contributed by atoms with Crippen LogP contribution in [0.4, 0.5) is 5.95 Å². The Balaban J connectivity index is 2.09. The Morgan fingerprint density at radius 1 is 1.08 bits per heavy atom. The highest BCUT2D eigenvalue weighted by molar-refractivity contribution is 9.10. The molecular formula is C14H15BrN6O3. The number of hydrogen-bond acceptors (Lipinski definition) is 8. The number of imidazole rings is 1. The molecule has 0 unspecified atom stereocenters. The van der Waals surface area contributed by atoms with E-state index in [4.69, 9.17) is 19.9 Å². The number of ether oxygens (including phenoxy) is 3. The van der Waals surface area contributed by atoms with Crippen LogP contribution in [0, 0.1) is 0 Å². The van der Waals surface area contributed by atoms with Gasteiger partial charge in [0.2, 0.25) is 11.7 Å². The summed E-state index contributed by atoms with van der Waals surface area (Å²) in [5.41, 5.74) is 7.56. The Labute approximate surface area is 145 Å². The van der Waals surface area contributed by atoms with Crippen LogP contribution < -0.4 is 19.9 Å². The zero-order valence-electron chi connectivity index (χ0n) is 13.3. The van der Waals surface area contributed by atoms with Gasteiger partial charge in [-0.25, -0.2) is 9.97 Å². The van der Waals surface area contributed by atoms with E-state index in [1.54, 1.807) is 38.4 Å². The van der Waals surface area contributed by atoms with Gasteiger partial charge in [-0.05, 0) is 15.9 Å². The van der Waals surface area contributed by atoms with E-state index in [1.807, 2.05) is 0 Å². The van der Waals surface area contributed by atoms with Gasteiger partial charge in [0.15, 0.2) is 17.1 Å². The van der Waals surface area contributed by atoms with Gasteiger partial charge in [-0.3, -0.25) is 4.98 Å². The van der Waals surface area contributed by atoms with Crippen molar-refractivity contribution in [1.82, 2.24) is 24.5 Å². The lowest BCUT2D eigenvalue weighted by Crippen LogP contribution is -2.07. The number of hydrogen-bond donors (Lipinski definition) is 1. The van der Waals surface area contributed by atoms with Crippen LogP contribution in [-0.2, 0) is 6.54 Å². The molecule has 126 valence electrons. The Bertz CT molecular complexity index is 898. The molecule has 24 heavy (non-hydrogen) atoms. The average molecular weight is 395 g/mol. The SMILES string of the molecule is COc1cnc(Cn2cnc3c(Br)nc(N)nc32)c(OC)c1OC. The second kappa shape index (κ2) is 6.48. The van der Waals surface area contributed by atoms with E-state index in [0.29, 0.717) is 45.3 Å². The molecule has 0 amide bonds. The fourth-order valence-corrected chi connectivity index (χ4v) is 2.82. The molecule has 0 fully saturated rings. The Hall–Kier alpha value is -2.62. The first-order chi connectivity index (χ1) is 11.6. The van der Waals surface area contributed by atoms with Crippen LogP contribution in [0.2, 0.25) is 0 Å². The van der Waals surface area contributed by atoms with Gasteiger partial charge in [-0.1, -0.05) is 0 Å². The summed E-state index contributed by atoms with van der Waals surface area (Å²) in [6.07, 6.45) is 3.22. The maximum atomic E-state index is 5.72. The Kier molecular flexibility index (Phi) is 4.38. The first-order valence-electron chi connectivity index (χ1n) is 6.86. The zero-order valence-corrected chi connectivity index (χ0v) is 14.9. The van der Waals surface area contributed by atoms with Crippen molar-refractivity contribution in [2.24, 2.45) is 0 Å². The summed E-state index contributed by atoms with van der Waals surface area (Å²) in [6.45, 7) is 0.364. The van der Waals surface area contributed by atoms with Crippen LogP contribution in [0.1, 0.15) is 5.69 Å². The summed E-state index contributed by atoms with van der Waals surface area (Å²) in [5, 5.41) is 0. The van der Waals surface area contributed by atoms with Crippen LogP contribution >= 0.6 is 15.9 Å². The van der Waals surface area contributed by atoms with E-state index in [1.165, 1.54) is 0 Å². The molecule has 0 aliphatic rings. The van der Waals surface area contributed by atoms with Gasteiger partial charge < -0.3 is 24.5 Å². The quantitative estimate of drug-likeness (QED) is 0.650. The van der Waals surface area contributed by atoms with E-state index >= 15 is 0 Å². The minimum absolute atomic E-state index is 0.156. The second-order valence-electron chi connectivity index (χ2n) is 4.76. The normalized spacial score (nSPS) is 10.8. The van der Waals surface area contributed by atoms with Crippen molar-refractivity contribution in [3.8, 4) is 17.2 Å².